The molecule has 1 fully saturated rings. The van der Waals surface area contributed by atoms with Gasteiger partial charge in [-0.3, -0.25) is 9.59 Å². The Morgan fingerprint density at radius 3 is 2.19 bits per heavy atom. The normalized spacial score (nSPS) is 16.8. The number of carbonyl (C=O) groups is 2. The van der Waals surface area contributed by atoms with E-state index in [1.54, 1.807) is 6.08 Å². The maximum Gasteiger partial charge on any atom is 0.246 e. The van der Waals surface area contributed by atoms with E-state index in [2.05, 4.69) is 5.32 Å². The predicted octanol–water partition coefficient (Wildman–Crippen LogP) is 1.08. The molecule has 0 atom stereocenters. The van der Waals surface area contributed by atoms with Gasteiger partial charge in [-0.05, 0) is 26.7 Å². The van der Waals surface area contributed by atoms with Gasteiger partial charge in [0.15, 0.2) is 0 Å². The molecule has 0 aliphatic carbocycles. The van der Waals surface area contributed by atoms with Gasteiger partial charge in [0, 0.05) is 32.1 Å². The Morgan fingerprint density at radius 2 is 1.75 bits per heavy atom. The van der Waals surface area contributed by atoms with E-state index in [4.69, 9.17) is 0 Å². The highest BCUT2D eigenvalue weighted by Gasteiger charge is 2.21. The quantitative estimate of drug-likeness (QED) is 0.713. The van der Waals surface area contributed by atoms with Crippen molar-refractivity contribution >= 4 is 11.8 Å². The Kier molecular flexibility index (Phi) is 4.52. The highest BCUT2D eigenvalue weighted by atomic mass is 16.2. The Hall–Kier alpha value is -1.32. The van der Waals surface area contributed by atoms with E-state index < -0.39 is 0 Å². The van der Waals surface area contributed by atoms with Gasteiger partial charge < -0.3 is 10.2 Å². The first-order valence-electron chi connectivity index (χ1n) is 5.70. The van der Waals surface area contributed by atoms with Crippen LogP contribution in [0.15, 0.2) is 11.6 Å². The molecular formula is C12H20N2O2. The Labute approximate surface area is 96.7 Å². The monoisotopic (exact) mass is 224 g/mol. The molecule has 90 valence electrons. The number of nitrogens with one attached hydrogen (secondary N) is 1. The molecule has 0 aromatic heterocycles. The summed E-state index contributed by atoms with van der Waals surface area (Å²) in [5.74, 6) is 0.0929. The molecule has 1 rings (SSSR count). The summed E-state index contributed by atoms with van der Waals surface area (Å²) >= 11 is 0. The van der Waals surface area contributed by atoms with Gasteiger partial charge in [-0.1, -0.05) is 5.57 Å². The fourth-order valence-electron chi connectivity index (χ4n) is 1.87. The Bertz CT molecular complexity index is 298. The highest BCUT2D eigenvalue weighted by molar-refractivity contribution is 5.88. The lowest BCUT2D eigenvalue weighted by Crippen LogP contribution is -2.45. The number of hydrogen-bond acceptors (Lipinski definition) is 2. The number of piperidine rings is 1. The standard InChI is InChI=1S/C12H20N2O2/c1-9(2)8-12(16)14-6-4-11(5-7-14)13-10(3)15/h8,11H,4-7H2,1-3H3,(H,13,15). The largest absolute Gasteiger partial charge is 0.353 e. The van der Waals surface area contributed by atoms with Gasteiger partial charge in [0.1, 0.15) is 0 Å². The molecule has 1 aliphatic heterocycles. The lowest BCUT2D eigenvalue weighted by atomic mass is 10.0. The van der Waals surface area contributed by atoms with E-state index >= 15 is 0 Å². The van der Waals surface area contributed by atoms with Crippen LogP contribution in [0, 0.1) is 0 Å². The molecule has 0 saturated carbocycles. The van der Waals surface area contributed by atoms with Gasteiger partial charge in [0.2, 0.25) is 11.8 Å². The third kappa shape index (κ3) is 4.04. The molecule has 0 aromatic rings. The first-order chi connectivity index (χ1) is 7.49. The summed E-state index contributed by atoms with van der Waals surface area (Å²) in [4.78, 5) is 24.4. The fraction of sp³-hybridized carbons (Fsp3) is 0.667. The lowest BCUT2D eigenvalue weighted by molar-refractivity contribution is -0.127. The minimum absolute atomic E-state index is 0.00840. The van der Waals surface area contributed by atoms with E-state index in [0.717, 1.165) is 31.5 Å². The number of rotatable bonds is 2. The van der Waals surface area contributed by atoms with Crippen LogP contribution in [0.2, 0.25) is 0 Å². The van der Waals surface area contributed by atoms with Crippen molar-refractivity contribution in [2.45, 2.75) is 39.7 Å². The number of likely N-dealkylation sites (tertiary alicyclic amines) is 1. The van der Waals surface area contributed by atoms with Crippen LogP contribution in [0.1, 0.15) is 33.6 Å². The molecule has 1 N–H and O–H groups in total. The maximum atomic E-state index is 11.7. The summed E-state index contributed by atoms with van der Waals surface area (Å²) in [6.45, 7) is 6.83. The average molecular weight is 224 g/mol. The molecule has 1 aliphatic rings. The zero-order valence-electron chi connectivity index (χ0n) is 10.2. The second kappa shape index (κ2) is 5.68. The summed E-state index contributed by atoms with van der Waals surface area (Å²) in [5.41, 5.74) is 1.02. The molecule has 16 heavy (non-hydrogen) atoms. The van der Waals surface area contributed by atoms with Crippen molar-refractivity contribution in [3.05, 3.63) is 11.6 Å². The van der Waals surface area contributed by atoms with Crippen LogP contribution in [0.5, 0.6) is 0 Å². The van der Waals surface area contributed by atoms with Gasteiger partial charge >= 0.3 is 0 Å². The van der Waals surface area contributed by atoms with Crippen molar-refractivity contribution < 1.29 is 9.59 Å². The van der Waals surface area contributed by atoms with Crippen LogP contribution < -0.4 is 5.32 Å². The molecule has 4 nitrogen and oxygen atoms in total. The second-order valence-corrected chi connectivity index (χ2v) is 4.52. The van der Waals surface area contributed by atoms with Gasteiger partial charge in [-0.15, -0.1) is 0 Å². The molecule has 1 heterocycles. The summed E-state index contributed by atoms with van der Waals surface area (Å²) in [5, 5.41) is 2.89. The number of nitrogens with zero attached hydrogens (tertiary/aromatic N) is 1. The second-order valence-electron chi connectivity index (χ2n) is 4.52. The number of hydrogen-bond donors (Lipinski definition) is 1. The molecule has 2 amide bonds. The maximum absolute atomic E-state index is 11.7. The van der Waals surface area contributed by atoms with Crippen molar-refractivity contribution in [2.24, 2.45) is 0 Å². The summed E-state index contributed by atoms with van der Waals surface area (Å²) < 4.78 is 0. The van der Waals surface area contributed by atoms with Gasteiger partial charge in [-0.25, -0.2) is 0 Å². The average Bonchev–Trinajstić information content (AvgIpc) is 2.16. The first-order valence-corrected chi connectivity index (χ1v) is 5.70. The van der Waals surface area contributed by atoms with E-state index in [1.807, 2.05) is 18.7 Å². The fourth-order valence-corrected chi connectivity index (χ4v) is 1.87. The van der Waals surface area contributed by atoms with E-state index in [9.17, 15) is 9.59 Å². The SMILES string of the molecule is CC(=O)NC1CCN(C(=O)C=C(C)C)CC1. The molecule has 0 radical (unpaired) electrons. The highest BCUT2D eigenvalue weighted by Crippen LogP contribution is 2.11. The van der Waals surface area contributed by atoms with E-state index in [0.29, 0.717) is 0 Å². The lowest BCUT2D eigenvalue weighted by Gasteiger charge is -2.31. The summed E-state index contributed by atoms with van der Waals surface area (Å²) in [7, 11) is 0. The zero-order valence-corrected chi connectivity index (χ0v) is 10.2. The topological polar surface area (TPSA) is 49.4 Å². The summed E-state index contributed by atoms with van der Waals surface area (Å²) in [6.07, 6.45) is 3.36. The molecule has 0 unspecified atom stereocenters. The van der Waals surface area contributed by atoms with Crippen LogP contribution in [0.4, 0.5) is 0 Å². The Morgan fingerprint density at radius 1 is 1.19 bits per heavy atom. The smallest absolute Gasteiger partial charge is 0.246 e. The molecule has 0 bridgehead atoms. The molecular weight excluding hydrogens is 204 g/mol. The molecule has 4 heteroatoms. The predicted molar refractivity (Wildman–Crippen MR) is 62.8 cm³/mol. The van der Waals surface area contributed by atoms with E-state index in [1.165, 1.54) is 6.92 Å². The van der Waals surface area contributed by atoms with Crippen LogP contribution >= 0.6 is 0 Å². The van der Waals surface area contributed by atoms with Gasteiger partial charge in [-0.2, -0.15) is 0 Å². The van der Waals surface area contributed by atoms with Crippen molar-refractivity contribution in [2.75, 3.05) is 13.1 Å². The summed E-state index contributed by atoms with van der Waals surface area (Å²) in [6, 6.07) is 0.230. The molecule has 0 spiro atoms. The molecule has 1 saturated heterocycles. The minimum Gasteiger partial charge on any atom is -0.353 e. The van der Waals surface area contributed by atoms with E-state index in [-0.39, 0.29) is 17.9 Å². The minimum atomic E-state index is 0.00840. The van der Waals surface area contributed by atoms with Crippen molar-refractivity contribution in [3.8, 4) is 0 Å². The number of allylic oxidation sites excluding steroid dienone is 1. The molecule has 0 aromatic carbocycles. The van der Waals surface area contributed by atoms with Crippen LogP contribution in [-0.2, 0) is 9.59 Å². The van der Waals surface area contributed by atoms with Crippen LogP contribution in [0.25, 0.3) is 0 Å². The van der Waals surface area contributed by atoms with Crippen molar-refractivity contribution in [1.29, 1.82) is 0 Å². The zero-order chi connectivity index (χ0) is 12.1. The number of amides is 2. The van der Waals surface area contributed by atoms with Gasteiger partial charge in [0.25, 0.3) is 0 Å². The van der Waals surface area contributed by atoms with Crippen molar-refractivity contribution in [3.63, 3.8) is 0 Å². The third-order valence-corrected chi connectivity index (χ3v) is 2.63. The third-order valence-electron chi connectivity index (χ3n) is 2.63. The first kappa shape index (κ1) is 12.7. The van der Waals surface area contributed by atoms with Crippen LogP contribution in [-0.4, -0.2) is 35.8 Å². The van der Waals surface area contributed by atoms with Gasteiger partial charge in [0.05, 0.1) is 0 Å². The number of carbonyl (C=O) groups excluding carboxylic acids is 2. The Balaban J connectivity index is 2.40. The van der Waals surface area contributed by atoms with Crippen LogP contribution in [0.3, 0.4) is 0 Å². The van der Waals surface area contributed by atoms with Crippen molar-refractivity contribution in [1.82, 2.24) is 10.2 Å².